The molecule has 1 heterocycles. The molecule has 0 spiro atoms. The molecule has 0 radical (unpaired) electrons. The fourth-order valence-corrected chi connectivity index (χ4v) is 1.20. The Morgan fingerprint density at radius 3 is 3.18 bits per heavy atom. The summed E-state index contributed by atoms with van der Waals surface area (Å²) in [6, 6.07) is -0.289. The monoisotopic (exact) mass is 156 g/mol. The van der Waals surface area contributed by atoms with Crippen molar-refractivity contribution in [1.82, 2.24) is 5.32 Å². The van der Waals surface area contributed by atoms with Gasteiger partial charge in [0.15, 0.2) is 0 Å². The molecule has 0 bridgehead atoms. The van der Waals surface area contributed by atoms with Gasteiger partial charge in [0.05, 0.1) is 12.1 Å². The molecule has 0 aromatic carbocycles. The summed E-state index contributed by atoms with van der Waals surface area (Å²) in [6.07, 6.45) is 1.19. The van der Waals surface area contributed by atoms with E-state index in [2.05, 4.69) is 15.3 Å². The number of hydrogen-bond donors (Lipinski definition) is 2. The first-order valence-corrected chi connectivity index (χ1v) is 3.77. The Labute approximate surface area is 65.0 Å². The van der Waals surface area contributed by atoms with E-state index in [0.717, 1.165) is 19.4 Å². The third-order valence-electron chi connectivity index (χ3n) is 1.85. The van der Waals surface area contributed by atoms with Gasteiger partial charge in [-0.05, 0) is 24.9 Å². The molecule has 0 aliphatic carbocycles. The highest BCUT2D eigenvalue weighted by atomic mass is 16.3. The van der Waals surface area contributed by atoms with Crippen LogP contribution < -0.4 is 5.32 Å². The minimum absolute atomic E-state index is 0.289. The topological polar surface area (TPSA) is 81.0 Å². The standard InChI is InChI=1S/C6H12N4O/c7-10-9-5-4-8-3-1-2-6(5)11/h5-6,8,11H,1-4H2. The van der Waals surface area contributed by atoms with Crippen LogP contribution in [0.25, 0.3) is 10.4 Å². The van der Waals surface area contributed by atoms with Crippen LogP contribution in [0.5, 0.6) is 0 Å². The van der Waals surface area contributed by atoms with Crippen molar-refractivity contribution in [3.8, 4) is 0 Å². The minimum Gasteiger partial charge on any atom is -0.393 e. The smallest absolute Gasteiger partial charge is 0.0758 e. The summed E-state index contributed by atoms with van der Waals surface area (Å²) in [4.78, 5) is 2.68. The highest BCUT2D eigenvalue weighted by Crippen LogP contribution is 2.08. The normalized spacial score (nSPS) is 32.1. The Balaban J connectivity index is 2.51. The molecule has 1 fully saturated rings. The van der Waals surface area contributed by atoms with Crippen LogP contribution in [0.4, 0.5) is 0 Å². The first-order chi connectivity index (χ1) is 5.34. The Morgan fingerprint density at radius 1 is 1.64 bits per heavy atom. The van der Waals surface area contributed by atoms with Gasteiger partial charge in [-0.3, -0.25) is 0 Å². The number of hydrogen-bond acceptors (Lipinski definition) is 3. The maximum absolute atomic E-state index is 9.38. The summed E-state index contributed by atoms with van der Waals surface area (Å²) >= 11 is 0. The van der Waals surface area contributed by atoms with Crippen molar-refractivity contribution < 1.29 is 5.11 Å². The van der Waals surface area contributed by atoms with Crippen LogP contribution >= 0.6 is 0 Å². The fraction of sp³-hybridized carbons (Fsp3) is 1.00. The quantitative estimate of drug-likeness (QED) is 0.327. The Hall–Kier alpha value is -0.770. The van der Waals surface area contributed by atoms with Crippen LogP contribution in [0.1, 0.15) is 12.8 Å². The Morgan fingerprint density at radius 2 is 2.45 bits per heavy atom. The molecular formula is C6H12N4O. The second kappa shape index (κ2) is 4.18. The van der Waals surface area contributed by atoms with E-state index in [4.69, 9.17) is 5.53 Å². The predicted octanol–water partition coefficient (Wildman–Crippen LogP) is 0.410. The molecule has 5 heteroatoms. The number of rotatable bonds is 1. The highest BCUT2D eigenvalue weighted by Gasteiger charge is 2.19. The van der Waals surface area contributed by atoms with Crippen LogP contribution in [0.15, 0.2) is 5.11 Å². The first kappa shape index (κ1) is 8.33. The molecule has 1 aliphatic rings. The molecule has 11 heavy (non-hydrogen) atoms. The lowest BCUT2D eigenvalue weighted by atomic mass is 10.1. The van der Waals surface area contributed by atoms with Crippen LogP contribution in [0, 0.1) is 0 Å². The van der Waals surface area contributed by atoms with Gasteiger partial charge in [0.2, 0.25) is 0 Å². The molecule has 2 N–H and O–H groups in total. The van der Waals surface area contributed by atoms with Crippen molar-refractivity contribution >= 4 is 0 Å². The van der Waals surface area contributed by atoms with Crippen LogP contribution in [-0.2, 0) is 0 Å². The van der Waals surface area contributed by atoms with E-state index in [1.165, 1.54) is 0 Å². The largest absolute Gasteiger partial charge is 0.393 e. The van der Waals surface area contributed by atoms with Crippen molar-refractivity contribution in [2.45, 2.75) is 25.0 Å². The fourth-order valence-electron chi connectivity index (χ4n) is 1.20. The summed E-state index contributed by atoms with van der Waals surface area (Å²) in [5, 5.41) is 16.0. The van der Waals surface area contributed by atoms with E-state index in [1.807, 2.05) is 0 Å². The third-order valence-corrected chi connectivity index (χ3v) is 1.85. The van der Waals surface area contributed by atoms with Gasteiger partial charge < -0.3 is 10.4 Å². The van der Waals surface area contributed by atoms with Gasteiger partial charge in [-0.2, -0.15) is 0 Å². The second-order valence-corrected chi connectivity index (χ2v) is 2.69. The molecular weight excluding hydrogens is 144 g/mol. The van der Waals surface area contributed by atoms with Crippen molar-refractivity contribution in [2.24, 2.45) is 5.11 Å². The van der Waals surface area contributed by atoms with E-state index < -0.39 is 6.10 Å². The molecule has 5 nitrogen and oxygen atoms in total. The molecule has 2 unspecified atom stereocenters. The van der Waals surface area contributed by atoms with E-state index in [1.54, 1.807) is 0 Å². The predicted molar refractivity (Wildman–Crippen MR) is 41.0 cm³/mol. The van der Waals surface area contributed by atoms with Crippen molar-refractivity contribution in [1.29, 1.82) is 0 Å². The Kier molecular flexibility index (Phi) is 3.16. The van der Waals surface area contributed by atoms with E-state index >= 15 is 0 Å². The molecule has 0 saturated carbocycles. The van der Waals surface area contributed by atoms with Gasteiger partial charge in [0.25, 0.3) is 0 Å². The van der Waals surface area contributed by atoms with Crippen LogP contribution in [0.2, 0.25) is 0 Å². The zero-order valence-electron chi connectivity index (χ0n) is 6.27. The zero-order valence-corrected chi connectivity index (χ0v) is 6.27. The van der Waals surface area contributed by atoms with Crippen molar-refractivity contribution in [2.75, 3.05) is 13.1 Å². The third kappa shape index (κ3) is 2.38. The lowest BCUT2D eigenvalue weighted by Gasteiger charge is -2.13. The molecule has 1 saturated heterocycles. The number of nitrogens with zero attached hydrogens (tertiary/aromatic N) is 3. The van der Waals surface area contributed by atoms with Gasteiger partial charge in [0, 0.05) is 11.5 Å². The van der Waals surface area contributed by atoms with Gasteiger partial charge in [0.1, 0.15) is 0 Å². The minimum atomic E-state index is -0.471. The van der Waals surface area contributed by atoms with Crippen molar-refractivity contribution in [3.05, 3.63) is 10.4 Å². The highest BCUT2D eigenvalue weighted by molar-refractivity contribution is 4.81. The maximum Gasteiger partial charge on any atom is 0.0758 e. The average Bonchev–Trinajstić information content (AvgIpc) is 2.18. The molecule has 1 aliphatic heterocycles. The van der Waals surface area contributed by atoms with Crippen LogP contribution in [0.3, 0.4) is 0 Å². The lowest BCUT2D eigenvalue weighted by Crippen LogP contribution is -2.30. The lowest BCUT2D eigenvalue weighted by molar-refractivity contribution is 0.141. The molecule has 1 rings (SSSR count). The van der Waals surface area contributed by atoms with Gasteiger partial charge in [-0.25, -0.2) is 0 Å². The van der Waals surface area contributed by atoms with Gasteiger partial charge in [-0.15, -0.1) is 0 Å². The zero-order chi connectivity index (χ0) is 8.10. The maximum atomic E-state index is 9.38. The SMILES string of the molecule is [N-]=[N+]=NC1CNCCCC1O. The van der Waals surface area contributed by atoms with E-state index in [0.29, 0.717) is 6.54 Å². The number of nitrogens with one attached hydrogen (secondary N) is 1. The summed E-state index contributed by atoms with van der Waals surface area (Å²) in [7, 11) is 0. The summed E-state index contributed by atoms with van der Waals surface area (Å²) < 4.78 is 0. The summed E-state index contributed by atoms with van der Waals surface area (Å²) in [6.45, 7) is 1.49. The average molecular weight is 156 g/mol. The second-order valence-electron chi connectivity index (χ2n) is 2.69. The first-order valence-electron chi connectivity index (χ1n) is 3.77. The number of azide groups is 1. The van der Waals surface area contributed by atoms with E-state index in [9.17, 15) is 5.11 Å². The summed E-state index contributed by atoms with van der Waals surface area (Å²) in [5.74, 6) is 0. The van der Waals surface area contributed by atoms with Gasteiger partial charge in [-0.1, -0.05) is 5.11 Å². The molecule has 2 atom stereocenters. The molecule has 0 aromatic rings. The van der Waals surface area contributed by atoms with E-state index in [-0.39, 0.29) is 6.04 Å². The summed E-state index contributed by atoms with van der Waals surface area (Å²) in [5.41, 5.74) is 8.15. The van der Waals surface area contributed by atoms with Crippen molar-refractivity contribution in [3.63, 3.8) is 0 Å². The molecule has 0 aromatic heterocycles. The van der Waals surface area contributed by atoms with Crippen LogP contribution in [-0.4, -0.2) is 30.3 Å². The molecule has 62 valence electrons. The Bertz CT molecular complexity index is 166. The number of aliphatic hydroxyl groups is 1. The van der Waals surface area contributed by atoms with Gasteiger partial charge >= 0.3 is 0 Å². The number of aliphatic hydroxyl groups excluding tert-OH is 1. The molecule has 0 amide bonds.